The SMILES string of the molecule is COc1ccc(C(C)NS(=O)(=O)c2ccc3c(c2)OCCO3)cc1. The summed E-state index contributed by atoms with van der Waals surface area (Å²) in [7, 11) is -2.09. The number of hydrogen-bond donors (Lipinski definition) is 1. The maximum absolute atomic E-state index is 12.6. The van der Waals surface area contributed by atoms with Gasteiger partial charge in [0.2, 0.25) is 10.0 Å². The first-order valence-corrected chi connectivity index (χ1v) is 9.04. The molecule has 3 rings (SSSR count). The zero-order chi connectivity index (χ0) is 17.2. The Labute approximate surface area is 141 Å². The van der Waals surface area contributed by atoms with Crippen LogP contribution < -0.4 is 18.9 Å². The second kappa shape index (κ2) is 6.70. The summed E-state index contributed by atoms with van der Waals surface area (Å²) < 4.78 is 43.8. The molecule has 0 aromatic heterocycles. The highest BCUT2D eigenvalue weighted by atomic mass is 32.2. The lowest BCUT2D eigenvalue weighted by atomic mass is 10.1. The molecule has 24 heavy (non-hydrogen) atoms. The van der Waals surface area contributed by atoms with Gasteiger partial charge in [0.25, 0.3) is 0 Å². The van der Waals surface area contributed by atoms with Gasteiger partial charge in [-0.2, -0.15) is 0 Å². The summed E-state index contributed by atoms with van der Waals surface area (Å²) in [6.07, 6.45) is 0. The molecule has 7 heteroatoms. The summed E-state index contributed by atoms with van der Waals surface area (Å²) >= 11 is 0. The lowest BCUT2D eigenvalue weighted by molar-refractivity contribution is 0.171. The van der Waals surface area contributed by atoms with E-state index in [2.05, 4.69) is 4.72 Å². The standard InChI is InChI=1S/C17H19NO5S/c1-12(13-3-5-14(21-2)6-4-13)18-24(19,20)15-7-8-16-17(11-15)23-10-9-22-16/h3-8,11-12,18H,9-10H2,1-2H3. The summed E-state index contributed by atoms with van der Waals surface area (Å²) in [5, 5.41) is 0. The van der Waals surface area contributed by atoms with Crippen LogP contribution in [-0.4, -0.2) is 28.7 Å². The quantitative estimate of drug-likeness (QED) is 0.898. The third kappa shape index (κ3) is 3.47. The molecule has 1 unspecified atom stereocenters. The second-order valence-electron chi connectivity index (χ2n) is 5.42. The van der Waals surface area contributed by atoms with E-state index in [9.17, 15) is 8.42 Å². The Kier molecular flexibility index (Phi) is 4.64. The van der Waals surface area contributed by atoms with Crippen LogP contribution in [0.2, 0.25) is 0 Å². The van der Waals surface area contributed by atoms with E-state index in [0.29, 0.717) is 24.7 Å². The fraction of sp³-hybridized carbons (Fsp3) is 0.294. The molecule has 0 fully saturated rings. The largest absolute Gasteiger partial charge is 0.497 e. The average molecular weight is 349 g/mol. The minimum absolute atomic E-state index is 0.145. The number of benzene rings is 2. The molecule has 1 atom stereocenters. The Bertz CT molecular complexity index is 817. The van der Waals surface area contributed by atoms with Gasteiger partial charge < -0.3 is 14.2 Å². The monoisotopic (exact) mass is 349 g/mol. The second-order valence-corrected chi connectivity index (χ2v) is 7.14. The third-order valence-corrected chi connectivity index (χ3v) is 5.31. The van der Waals surface area contributed by atoms with Gasteiger partial charge in [0, 0.05) is 12.1 Å². The molecule has 0 saturated carbocycles. The van der Waals surface area contributed by atoms with Crippen molar-refractivity contribution in [3.8, 4) is 17.2 Å². The molecule has 1 heterocycles. The minimum Gasteiger partial charge on any atom is -0.497 e. The molecule has 1 aliphatic heterocycles. The Morgan fingerprint density at radius 3 is 2.38 bits per heavy atom. The molecule has 0 saturated heterocycles. The first-order valence-electron chi connectivity index (χ1n) is 7.55. The van der Waals surface area contributed by atoms with Crippen LogP contribution in [0, 0.1) is 0 Å². The highest BCUT2D eigenvalue weighted by molar-refractivity contribution is 7.89. The number of ether oxygens (including phenoxy) is 3. The molecule has 2 aromatic rings. The van der Waals surface area contributed by atoms with Crippen LogP contribution in [-0.2, 0) is 10.0 Å². The zero-order valence-corrected chi connectivity index (χ0v) is 14.3. The van der Waals surface area contributed by atoms with Gasteiger partial charge in [-0.05, 0) is 36.8 Å². The highest BCUT2D eigenvalue weighted by Gasteiger charge is 2.21. The summed E-state index contributed by atoms with van der Waals surface area (Å²) in [6.45, 7) is 2.66. The Morgan fingerprint density at radius 2 is 1.71 bits per heavy atom. The van der Waals surface area contributed by atoms with E-state index < -0.39 is 10.0 Å². The molecule has 0 bridgehead atoms. The number of sulfonamides is 1. The molecule has 2 aromatic carbocycles. The predicted octanol–water partition coefficient (Wildman–Crippen LogP) is 2.51. The molecular weight excluding hydrogens is 330 g/mol. The van der Waals surface area contributed by atoms with Crippen molar-refractivity contribution in [2.24, 2.45) is 0 Å². The molecule has 0 amide bonds. The molecule has 0 radical (unpaired) electrons. The molecule has 1 aliphatic rings. The molecule has 0 spiro atoms. The molecule has 1 N–H and O–H groups in total. The lowest BCUT2D eigenvalue weighted by Crippen LogP contribution is -2.27. The topological polar surface area (TPSA) is 73.9 Å². The van der Waals surface area contributed by atoms with E-state index in [1.54, 1.807) is 32.2 Å². The van der Waals surface area contributed by atoms with E-state index in [4.69, 9.17) is 14.2 Å². The van der Waals surface area contributed by atoms with Crippen LogP contribution in [0.1, 0.15) is 18.5 Å². The van der Waals surface area contributed by atoms with E-state index >= 15 is 0 Å². The van der Waals surface area contributed by atoms with Gasteiger partial charge in [-0.25, -0.2) is 13.1 Å². The summed E-state index contributed by atoms with van der Waals surface area (Å²) in [5.41, 5.74) is 0.844. The van der Waals surface area contributed by atoms with E-state index in [1.165, 1.54) is 12.1 Å². The maximum atomic E-state index is 12.6. The van der Waals surface area contributed by atoms with Crippen LogP contribution >= 0.6 is 0 Å². The van der Waals surface area contributed by atoms with Gasteiger partial charge in [0.05, 0.1) is 12.0 Å². The van der Waals surface area contributed by atoms with Crippen molar-refractivity contribution in [2.75, 3.05) is 20.3 Å². The van der Waals surface area contributed by atoms with E-state index in [-0.39, 0.29) is 10.9 Å². The van der Waals surface area contributed by atoms with Gasteiger partial charge in [-0.3, -0.25) is 0 Å². The first kappa shape index (κ1) is 16.6. The van der Waals surface area contributed by atoms with Crippen molar-refractivity contribution < 1.29 is 22.6 Å². The smallest absolute Gasteiger partial charge is 0.241 e. The first-order chi connectivity index (χ1) is 11.5. The van der Waals surface area contributed by atoms with Gasteiger partial charge in [0.1, 0.15) is 19.0 Å². The molecular formula is C17H19NO5S. The number of methoxy groups -OCH3 is 1. The van der Waals surface area contributed by atoms with E-state index in [0.717, 1.165) is 11.3 Å². The third-order valence-electron chi connectivity index (χ3n) is 3.77. The van der Waals surface area contributed by atoms with Gasteiger partial charge in [-0.1, -0.05) is 12.1 Å². The molecule has 128 valence electrons. The zero-order valence-electron chi connectivity index (χ0n) is 13.5. The normalized spacial score (nSPS) is 14.9. The number of fused-ring (bicyclic) bond motifs is 1. The number of rotatable bonds is 5. The average Bonchev–Trinajstić information content (AvgIpc) is 2.61. The fourth-order valence-electron chi connectivity index (χ4n) is 2.45. The van der Waals surface area contributed by atoms with Crippen molar-refractivity contribution in [1.82, 2.24) is 4.72 Å². The fourth-order valence-corrected chi connectivity index (χ4v) is 3.70. The van der Waals surface area contributed by atoms with Crippen molar-refractivity contribution >= 4 is 10.0 Å². The van der Waals surface area contributed by atoms with Crippen LogP contribution in [0.5, 0.6) is 17.2 Å². The Morgan fingerprint density at radius 1 is 1.04 bits per heavy atom. The van der Waals surface area contributed by atoms with Gasteiger partial charge in [-0.15, -0.1) is 0 Å². The van der Waals surface area contributed by atoms with Crippen LogP contribution in [0.3, 0.4) is 0 Å². The lowest BCUT2D eigenvalue weighted by Gasteiger charge is -2.20. The van der Waals surface area contributed by atoms with E-state index in [1.807, 2.05) is 12.1 Å². The van der Waals surface area contributed by atoms with Crippen molar-refractivity contribution in [3.63, 3.8) is 0 Å². The van der Waals surface area contributed by atoms with Gasteiger partial charge >= 0.3 is 0 Å². The number of hydrogen-bond acceptors (Lipinski definition) is 5. The number of nitrogens with one attached hydrogen (secondary N) is 1. The summed E-state index contributed by atoms with van der Waals surface area (Å²) in [4.78, 5) is 0.145. The Hall–Kier alpha value is -2.25. The highest BCUT2D eigenvalue weighted by Crippen LogP contribution is 2.32. The molecule has 6 nitrogen and oxygen atoms in total. The van der Waals surface area contributed by atoms with Gasteiger partial charge in [0.15, 0.2) is 11.5 Å². The molecule has 0 aliphatic carbocycles. The minimum atomic E-state index is -3.67. The van der Waals surface area contributed by atoms with Crippen LogP contribution in [0.4, 0.5) is 0 Å². The van der Waals surface area contributed by atoms with Crippen molar-refractivity contribution in [1.29, 1.82) is 0 Å². The predicted molar refractivity (Wildman–Crippen MR) is 89.2 cm³/mol. The summed E-state index contributed by atoms with van der Waals surface area (Å²) in [5.74, 6) is 1.73. The van der Waals surface area contributed by atoms with Crippen molar-refractivity contribution in [3.05, 3.63) is 48.0 Å². The Balaban J connectivity index is 1.79. The van der Waals surface area contributed by atoms with Crippen LogP contribution in [0.15, 0.2) is 47.4 Å². The van der Waals surface area contributed by atoms with Crippen molar-refractivity contribution in [2.45, 2.75) is 17.9 Å². The summed E-state index contributed by atoms with van der Waals surface area (Å²) in [6, 6.07) is 11.5. The maximum Gasteiger partial charge on any atom is 0.241 e. The van der Waals surface area contributed by atoms with Crippen LogP contribution in [0.25, 0.3) is 0 Å².